The molecular weight excluding hydrogens is 328 g/mol. The highest BCUT2D eigenvalue weighted by Crippen LogP contribution is 2.35. The average Bonchev–Trinajstić information content (AvgIpc) is 2.68. The van der Waals surface area contributed by atoms with E-state index in [1.54, 1.807) is 6.20 Å². The number of piperidine rings is 1. The lowest BCUT2D eigenvalue weighted by molar-refractivity contribution is -0.0832. The van der Waals surface area contributed by atoms with Gasteiger partial charge in [0.15, 0.2) is 0 Å². The summed E-state index contributed by atoms with van der Waals surface area (Å²) in [5.74, 6) is 2.04. The number of aliphatic imine (C=N–C) groups is 1. The lowest BCUT2D eigenvalue weighted by atomic mass is 9.73. The number of ether oxygens (including phenoxy) is 2. The Hall–Kier alpha value is -1.21. The number of allylic oxidation sites excluding steroid dienone is 2. The van der Waals surface area contributed by atoms with E-state index in [-0.39, 0.29) is 12.3 Å². The molecule has 146 valence electrons. The summed E-state index contributed by atoms with van der Waals surface area (Å²) >= 11 is 0. The predicted molar refractivity (Wildman–Crippen MR) is 105 cm³/mol. The minimum Gasteiger partial charge on any atom is -0.404 e. The van der Waals surface area contributed by atoms with E-state index in [0.29, 0.717) is 50.0 Å². The Morgan fingerprint density at radius 2 is 2.19 bits per heavy atom. The maximum atomic E-state index is 6.39. The largest absolute Gasteiger partial charge is 0.404 e. The molecule has 6 nitrogen and oxygen atoms in total. The van der Waals surface area contributed by atoms with E-state index in [1.807, 2.05) is 6.21 Å². The summed E-state index contributed by atoms with van der Waals surface area (Å²) in [4.78, 5) is 4.56. The number of hydrogen-bond donors (Lipinski definition) is 3. The van der Waals surface area contributed by atoms with Crippen LogP contribution >= 0.6 is 0 Å². The third kappa shape index (κ3) is 5.16. The van der Waals surface area contributed by atoms with Gasteiger partial charge in [-0.25, -0.2) is 0 Å². The average molecular weight is 363 g/mol. The van der Waals surface area contributed by atoms with Crippen LogP contribution in [0.3, 0.4) is 0 Å². The second-order valence-electron chi connectivity index (χ2n) is 7.86. The summed E-state index contributed by atoms with van der Waals surface area (Å²) in [6, 6.07) is 0. The Bertz CT molecular complexity index is 528. The molecule has 0 aromatic carbocycles. The molecule has 2 heterocycles. The molecule has 26 heavy (non-hydrogen) atoms. The third-order valence-corrected chi connectivity index (χ3v) is 5.91. The van der Waals surface area contributed by atoms with Gasteiger partial charge < -0.3 is 26.3 Å². The second kappa shape index (κ2) is 9.65. The van der Waals surface area contributed by atoms with E-state index >= 15 is 0 Å². The van der Waals surface area contributed by atoms with Crippen LogP contribution in [0, 0.1) is 23.7 Å². The van der Waals surface area contributed by atoms with Crippen molar-refractivity contribution in [3.8, 4) is 0 Å². The fourth-order valence-corrected chi connectivity index (χ4v) is 4.22. The zero-order valence-corrected chi connectivity index (χ0v) is 15.8. The van der Waals surface area contributed by atoms with Crippen LogP contribution in [0.15, 0.2) is 28.9 Å². The van der Waals surface area contributed by atoms with Gasteiger partial charge in [-0.1, -0.05) is 19.1 Å². The van der Waals surface area contributed by atoms with E-state index in [9.17, 15) is 0 Å². The highest BCUT2D eigenvalue weighted by molar-refractivity contribution is 5.79. The maximum absolute atomic E-state index is 6.39. The molecule has 6 atom stereocenters. The van der Waals surface area contributed by atoms with Gasteiger partial charge in [0.05, 0.1) is 32.5 Å². The van der Waals surface area contributed by atoms with Gasteiger partial charge in [-0.05, 0) is 54.7 Å². The molecule has 0 radical (unpaired) electrons. The van der Waals surface area contributed by atoms with Crippen molar-refractivity contribution in [1.82, 2.24) is 5.32 Å². The topological polar surface area (TPSA) is 94.9 Å². The van der Waals surface area contributed by atoms with E-state index in [4.69, 9.17) is 20.9 Å². The monoisotopic (exact) mass is 362 g/mol. The fourth-order valence-electron chi connectivity index (χ4n) is 4.22. The van der Waals surface area contributed by atoms with Crippen molar-refractivity contribution >= 4 is 6.21 Å². The Kier molecular flexibility index (Phi) is 7.25. The first kappa shape index (κ1) is 19.5. The van der Waals surface area contributed by atoms with Gasteiger partial charge >= 0.3 is 0 Å². The van der Waals surface area contributed by atoms with Crippen LogP contribution < -0.4 is 16.8 Å². The van der Waals surface area contributed by atoms with Gasteiger partial charge in [-0.15, -0.1) is 0 Å². The van der Waals surface area contributed by atoms with Crippen LogP contribution in [0.2, 0.25) is 0 Å². The minimum absolute atomic E-state index is 0.0538. The highest BCUT2D eigenvalue weighted by atomic mass is 16.6. The van der Waals surface area contributed by atoms with Crippen molar-refractivity contribution in [3.63, 3.8) is 0 Å². The number of nitrogens with one attached hydrogen (secondary N) is 1. The Labute approximate surface area is 157 Å². The quantitative estimate of drug-likeness (QED) is 0.508. The molecule has 2 fully saturated rings. The first-order chi connectivity index (χ1) is 12.7. The van der Waals surface area contributed by atoms with E-state index in [2.05, 4.69) is 29.4 Å². The lowest BCUT2D eigenvalue weighted by Gasteiger charge is -2.40. The summed E-state index contributed by atoms with van der Waals surface area (Å²) in [6.45, 7) is 5.69. The predicted octanol–water partition coefficient (Wildman–Crippen LogP) is 1.43. The molecule has 2 aliphatic heterocycles. The standard InChI is InChI=1S/C20H34N4O2/c1-14-2-4-15(5-3-14)19-8-16(11-24-20(19)22)17(9-21)10-23-12-18-13-25-6-7-26-18/h2,4,9-10,14-16,18-20,24H,3,5-8,11-13,21-22H2,1H3/t14?,15-,16?,18+,19?,20?/m1/s1. The molecule has 0 aromatic rings. The summed E-state index contributed by atoms with van der Waals surface area (Å²) in [6.07, 6.45) is 12.0. The van der Waals surface area contributed by atoms with Crippen LogP contribution in [0.25, 0.3) is 0 Å². The molecule has 6 heteroatoms. The molecule has 4 unspecified atom stereocenters. The van der Waals surface area contributed by atoms with Gasteiger partial charge in [0.25, 0.3) is 0 Å². The minimum atomic E-state index is 0.0538. The summed E-state index contributed by atoms with van der Waals surface area (Å²) < 4.78 is 11.0. The Balaban J connectivity index is 1.57. The van der Waals surface area contributed by atoms with E-state index in [1.165, 1.54) is 12.8 Å². The van der Waals surface area contributed by atoms with Gasteiger partial charge in [0.2, 0.25) is 0 Å². The van der Waals surface area contributed by atoms with Gasteiger partial charge in [-0.2, -0.15) is 0 Å². The Morgan fingerprint density at radius 1 is 1.31 bits per heavy atom. The smallest absolute Gasteiger partial charge is 0.100 e. The van der Waals surface area contributed by atoms with Crippen LogP contribution in [0.5, 0.6) is 0 Å². The van der Waals surface area contributed by atoms with Crippen LogP contribution in [-0.4, -0.2) is 51.4 Å². The first-order valence-corrected chi connectivity index (χ1v) is 9.95. The second-order valence-corrected chi connectivity index (χ2v) is 7.86. The fraction of sp³-hybridized carbons (Fsp3) is 0.750. The van der Waals surface area contributed by atoms with Crippen molar-refractivity contribution in [2.24, 2.45) is 40.1 Å². The molecule has 0 spiro atoms. The van der Waals surface area contributed by atoms with E-state index < -0.39 is 0 Å². The molecule has 0 bridgehead atoms. The summed E-state index contributed by atoms with van der Waals surface area (Å²) in [5.41, 5.74) is 13.4. The van der Waals surface area contributed by atoms with Crippen molar-refractivity contribution in [2.45, 2.75) is 38.5 Å². The maximum Gasteiger partial charge on any atom is 0.100 e. The van der Waals surface area contributed by atoms with Crippen molar-refractivity contribution in [3.05, 3.63) is 23.9 Å². The molecule has 1 aliphatic carbocycles. The van der Waals surface area contributed by atoms with E-state index in [0.717, 1.165) is 18.5 Å². The zero-order chi connectivity index (χ0) is 18.4. The molecule has 0 aromatic heterocycles. The summed E-state index contributed by atoms with van der Waals surface area (Å²) in [5, 5.41) is 3.49. The van der Waals surface area contributed by atoms with Crippen molar-refractivity contribution in [1.29, 1.82) is 0 Å². The normalized spacial score (nSPS) is 39.4. The van der Waals surface area contributed by atoms with Crippen LogP contribution in [0.4, 0.5) is 0 Å². The highest BCUT2D eigenvalue weighted by Gasteiger charge is 2.34. The van der Waals surface area contributed by atoms with Crippen molar-refractivity contribution in [2.75, 3.05) is 32.9 Å². The number of nitrogens with zero attached hydrogens (tertiary/aromatic N) is 1. The number of nitrogens with two attached hydrogens (primary N) is 2. The number of hydrogen-bond acceptors (Lipinski definition) is 6. The van der Waals surface area contributed by atoms with Gasteiger partial charge in [0.1, 0.15) is 6.10 Å². The third-order valence-electron chi connectivity index (χ3n) is 5.91. The number of rotatable bonds is 5. The SMILES string of the molecule is CC1C=C[C@@H](C2CC(C(C=NC[C@H]3COCCO3)=CN)CNC2N)CC1. The molecule has 0 amide bonds. The van der Waals surface area contributed by atoms with Gasteiger partial charge in [-0.3, -0.25) is 4.99 Å². The molecule has 2 saturated heterocycles. The molecule has 0 saturated carbocycles. The molecule has 3 rings (SSSR count). The zero-order valence-electron chi connectivity index (χ0n) is 15.8. The van der Waals surface area contributed by atoms with Gasteiger partial charge in [0, 0.05) is 12.8 Å². The first-order valence-electron chi connectivity index (χ1n) is 9.95. The molecular formula is C20H34N4O2. The summed E-state index contributed by atoms with van der Waals surface area (Å²) in [7, 11) is 0. The molecule has 3 aliphatic rings. The van der Waals surface area contributed by atoms with Crippen LogP contribution in [-0.2, 0) is 9.47 Å². The lowest BCUT2D eigenvalue weighted by Crippen LogP contribution is -2.53. The molecule has 5 N–H and O–H groups in total. The Morgan fingerprint density at radius 3 is 2.88 bits per heavy atom. The van der Waals surface area contributed by atoms with Crippen molar-refractivity contribution < 1.29 is 9.47 Å². The van der Waals surface area contributed by atoms with Crippen LogP contribution in [0.1, 0.15) is 26.2 Å².